The fourth-order valence-corrected chi connectivity index (χ4v) is 5.23. The van der Waals surface area contributed by atoms with E-state index in [9.17, 15) is 9.18 Å². The van der Waals surface area contributed by atoms with Gasteiger partial charge in [0.25, 0.3) is 5.91 Å². The van der Waals surface area contributed by atoms with Crippen LogP contribution in [-0.2, 0) is 11.4 Å². The standard InChI is InChI=1S/C28H22FN5O2S/c1-3-21(27(35)31-28-33-32-16(2)37-28)26-22-7-5-4-6-17(22)15-36-25-13-24-18(12-23(25)26)14-30-34(24)20-10-8-19(29)9-11-20/h4-14H,3,15H2,1-2H3,(H,31,33,35). The summed E-state index contributed by atoms with van der Waals surface area (Å²) in [6.45, 7) is 4.17. The van der Waals surface area contributed by atoms with E-state index in [-0.39, 0.29) is 11.7 Å². The van der Waals surface area contributed by atoms with Gasteiger partial charge in [-0.1, -0.05) is 42.5 Å². The zero-order valence-electron chi connectivity index (χ0n) is 20.2. The number of hydrogen-bond acceptors (Lipinski definition) is 6. The minimum absolute atomic E-state index is 0.224. The molecule has 0 fully saturated rings. The van der Waals surface area contributed by atoms with Gasteiger partial charge in [0, 0.05) is 28.2 Å². The number of fused-ring (bicyclic) bond motifs is 3. The van der Waals surface area contributed by atoms with Crippen LogP contribution in [0.2, 0.25) is 0 Å². The third-order valence-corrected chi connectivity index (χ3v) is 7.11. The van der Waals surface area contributed by atoms with E-state index in [0.29, 0.717) is 29.5 Å². The Bertz CT molecular complexity index is 1690. The molecule has 0 radical (unpaired) electrons. The zero-order chi connectivity index (χ0) is 25.5. The Morgan fingerprint density at radius 3 is 2.68 bits per heavy atom. The maximum Gasteiger partial charge on any atom is 0.254 e. The summed E-state index contributed by atoms with van der Waals surface area (Å²) >= 11 is 1.33. The van der Waals surface area contributed by atoms with Crippen LogP contribution in [0.4, 0.5) is 9.52 Å². The summed E-state index contributed by atoms with van der Waals surface area (Å²) in [5, 5.41) is 17.6. The van der Waals surface area contributed by atoms with Crippen molar-refractivity contribution < 1.29 is 13.9 Å². The van der Waals surface area contributed by atoms with E-state index in [1.807, 2.05) is 50.2 Å². The van der Waals surface area contributed by atoms with Crippen molar-refractivity contribution in [2.24, 2.45) is 0 Å². The molecule has 1 aliphatic heterocycles. The molecule has 3 heterocycles. The Morgan fingerprint density at radius 1 is 1.11 bits per heavy atom. The fraction of sp³-hybridized carbons (Fsp3) is 0.143. The molecule has 0 saturated carbocycles. The molecule has 0 spiro atoms. The van der Waals surface area contributed by atoms with Crippen molar-refractivity contribution in [2.75, 3.05) is 5.32 Å². The van der Waals surface area contributed by atoms with Gasteiger partial charge in [0.15, 0.2) is 0 Å². The monoisotopic (exact) mass is 511 g/mol. The van der Waals surface area contributed by atoms with Crippen molar-refractivity contribution in [1.82, 2.24) is 20.0 Å². The van der Waals surface area contributed by atoms with E-state index in [1.165, 1.54) is 23.5 Å². The molecule has 0 aliphatic carbocycles. The summed E-state index contributed by atoms with van der Waals surface area (Å²) in [6, 6.07) is 18.1. The van der Waals surface area contributed by atoms with Gasteiger partial charge in [0.05, 0.1) is 17.4 Å². The van der Waals surface area contributed by atoms with Crippen molar-refractivity contribution in [3.8, 4) is 11.4 Å². The number of anilines is 1. The quantitative estimate of drug-likeness (QED) is 0.296. The SMILES string of the molecule is CCC(C(=O)Nc1nnc(C)s1)=C1c2ccccc2COc2cc3c(cnn3-c3ccc(F)cc3)cc21. The first-order valence-corrected chi connectivity index (χ1v) is 12.7. The number of ether oxygens (including phenoxy) is 1. The second-order valence-electron chi connectivity index (χ2n) is 8.67. The van der Waals surface area contributed by atoms with Gasteiger partial charge in [-0.3, -0.25) is 10.1 Å². The van der Waals surface area contributed by atoms with Gasteiger partial charge in [0.1, 0.15) is 23.2 Å². The molecular weight excluding hydrogens is 489 g/mol. The Balaban J connectivity index is 1.55. The van der Waals surface area contributed by atoms with E-state index >= 15 is 0 Å². The van der Waals surface area contributed by atoms with E-state index in [2.05, 4.69) is 20.6 Å². The van der Waals surface area contributed by atoms with Crippen LogP contribution in [0.25, 0.3) is 22.2 Å². The lowest BCUT2D eigenvalue weighted by Gasteiger charge is -2.16. The number of rotatable bonds is 4. The maximum absolute atomic E-state index is 13.5. The molecule has 184 valence electrons. The first kappa shape index (κ1) is 23.1. The van der Waals surface area contributed by atoms with Gasteiger partial charge >= 0.3 is 0 Å². The van der Waals surface area contributed by atoms with E-state index < -0.39 is 0 Å². The Morgan fingerprint density at radius 2 is 1.92 bits per heavy atom. The van der Waals surface area contributed by atoms with Crippen LogP contribution in [0, 0.1) is 12.7 Å². The Kier molecular flexibility index (Phi) is 5.77. The summed E-state index contributed by atoms with van der Waals surface area (Å²) in [6.07, 6.45) is 2.27. The van der Waals surface area contributed by atoms with Gasteiger partial charge in [-0.2, -0.15) is 5.10 Å². The zero-order valence-corrected chi connectivity index (χ0v) is 21.0. The van der Waals surface area contributed by atoms with Gasteiger partial charge in [-0.15, -0.1) is 10.2 Å². The lowest BCUT2D eigenvalue weighted by Crippen LogP contribution is -2.16. The number of benzene rings is 3. The molecule has 1 aliphatic rings. The molecule has 1 N–H and O–H groups in total. The van der Waals surface area contributed by atoms with Crippen LogP contribution < -0.4 is 10.1 Å². The summed E-state index contributed by atoms with van der Waals surface area (Å²) in [4.78, 5) is 13.5. The van der Waals surface area contributed by atoms with Crippen LogP contribution in [-0.4, -0.2) is 25.9 Å². The van der Waals surface area contributed by atoms with E-state index in [0.717, 1.165) is 43.9 Å². The van der Waals surface area contributed by atoms with Crippen LogP contribution >= 0.6 is 11.3 Å². The van der Waals surface area contributed by atoms with Crippen molar-refractivity contribution in [1.29, 1.82) is 0 Å². The first-order valence-electron chi connectivity index (χ1n) is 11.9. The smallest absolute Gasteiger partial charge is 0.254 e. The predicted octanol–water partition coefficient (Wildman–Crippen LogP) is 6.07. The van der Waals surface area contributed by atoms with Gasteiger partial charge < -0.3 is 4.74 Å². The Hall–Kier alpha value is -4.37. The van der Waals surface area contributed by atoms with Gasteiger partial charge in [-0.25, -0.2) is 9.07 Å². The number of aromatic nitrogens is 4. The number of amides is 1. The molecule has 2 aromatic heterocycles. The van der Waals surface area contributed by atoms with Crippen LogP contribution in [0.5, 0.6) is 5.75 Å². The maximum atomic E-state index is 13.5. The van der Waals surface area contributed by atoms with Crippen molar-refractivity contribution >= 4 is 38.9 Å². The molecule has 6 rings (SSSR count). The number of carbonyl (C=O) groups is 1. The number of aryl methyl sites for hydroxylation is 1. The third kappa shape index (κ3) is 4.17. The largest absolute Gasteiger partial charge is 0.488 e. The van der Waals surface area contributed by atoms with Crippen molar-refractivity contribution in [3.63, 3.8) is 0 Å². The van der Waals surface area contributed by atoms with Gasteiger partial charge in [0.2, 0.25) is 5.13 Å². The van der Waals surface area contributed by atoms with Gasteiger partial charge in [-0.05, 0) is 54.8 Å². The topological polar surface area (TPSA) is 81.9 Å². The molecule has 5 aromatic rings. The van der Waals surface area contributed by atoms with E-state index in [4.69, 9.17) is 4.74 Å². The summed E-state index contributed by atoms with van der Waals surface area (Å²) in [7, 11) is 0. The van der Waals surface area contributed by atoms with Crippen LogP contribution in [0.1, 0.15) is 35.0 Å². The molecule has 0 atom stereocenters. The predicted molar refractivity (Wildman–Crippen MR) is 141 cm³/mol. The molecule has 0 unspecified atom stereocenters. The third-order valence-electron chi connectivity index (χ3n) is 6.36. The second kappa shape index (κ2) is 9.25. The highest BCUT2D eigenvalue weighted by atomic mass is 32.1. The normalized spacial score (nSPS) is 13.9. The average molecular weight is 512 g/mol. The van der Waals surface area contributed by atoms with Crippen LogP contribution in [0.15, 0.2) is 72.4 Å². The first-order chi connectivity index (χ1) is 18.0. The molecule has 0 saturated heterocycles. The molecule has 7 nitrogen and oxygen atoms in total. The van der Waals surface area contributed by atoms with Crippen molar-refractivity contribution in [2.45, 2.75) is 26.9 Å². The summed E-state index contributed by atoms with van der Waals surface area (Å²) in [5.74, 6) is 0.116. The summed E-state index contributed by atoms with van der Waals surface area (Å²) in [5.41, 5.74) is 5.76. The molecule has 3 aromatic carbocycles. The minimum Gasteiger partial charge on any atom is -0.488 e. The van der Waals surface area contributed by atoms with Crippen LogP contribution in [0.3, 0.4) is 0 Å². The number of carbonyl (C=O) groups excluding carboxylic acids is 1. The molecule has 37 heavy (non-hydrogen) atoms. The highest BCUT2D eigenvalue weighted by Gasteiger charge is 2.26. The molecule has 9 heteroatoms. The summed E-state index contributed by atoms with van der Waals surface area (Å²) < 4.78 is 21.6. The number of nitrogens with zero attached hydrogens (tertiary/aromatic N) is 4. The van der Waals surface area contributed by atoms with Crippen molar-refractivity contribution in [3.05, 3.63) is 99.9 Å². The highest BCUT2D eigenvalue weighted by Crippen LogP contribution is 2.42. The average Bonchev–Trinajstić information content (AvgIpc) is 3.47. The Labute approximate surface area is 216 Å². The second-order valence-corrected chi connectivity index (χ2v) is 9.85. The fourth-order valence-electron chi connectivity index (χ4n) is 4.64. The van der Waals surface area contributed by atoms with E-state index in [1.54, 1.807) is 23.0 Å². The number of hydrogen-bond donors (Lipinski definition) is 1. The molecule has 1 amide bonds. The number of nitrogens with one attached hydrogen (secondary N) is 1. The number of halogens is 1. The minimum atomic E-state index is -0.306. The highest BCUT2D eigenvalue weighted by molar-refractivity contribution is 7.15. The lowest BCUT2D eigenvalue weighted by atomic mass is 9.88. The lowest BCUT2D eigenvalue weighted by molar-refractivity contribution is -0.112. The molecular formula is C28H22FN5O2S. The molecule has 0 bridgehead atoms.